The lowest BCUT2D eigenvalue weighted by Crippen LogP contribution is -2.52. The Labute approximate surface area is 204 Å². The molecule has 1 aromatic rings. The highest BCUT2D eigenvalue weighted by molar-refractivity contribution is 7.89. The normalized spacial score (nSPS) is 25.6. The molecule has 0 spiro atoms. The standard InChI is InChI=1S/C23H35F3N4O4S/c1-16-14-30(12-7-19(16)27-22(31)20-13-21(34-28-20)18-3-4-18)35(32,33)15-17-5-10-29(11-6-17)9-2-8-23(24,25)26/h13,16-19H,2-12,14-15H2,1H3,(H,27,31)/t16-,19+/m0/s1. The zero-order valence-corrected chi connectivity index (χ0v) is 20.9. The summed E-state index contributed by atoms with van der Waals surface area (Å²) in [4.78, 5) is 14.6. The van der Waals surface area contributed by atoms with E-state index < -0.39 is 22.6 Å². The summed E-state index contributed by atoms with van der Waals surface area (Å²) in [5.41, 5.74) is 0.263. The first-order valence-corrected chi connectivity index (χ1v) is 14.2. The van der Waals surface area contributed by atoms with E-state index in [4.69, 9.17) is 4.52 Å². The number of nitrogens with one attached hydrogen (secondary N) is 1. The molecule has 0 bridgehead atoms. The molecule has 1 aliphatic carbocycles. The number of rotatable bonds is 9. The molecule has 1 amide bonds. The average Bonchev–Trinajstić information content (AvgIpc) is 3.51. The maximum Gasteiger partial charge on any atom is 0.389 e. The summed E-state index contributed by atoms with van der Waals surface area (Å²) < 4.78 is 69.9. The molecule has 0 unspecified atom stereocenters. The molecule has 1 saturated carbocycles. The van der Waals surface area contributed by atoms with Crippen molar-refractivity contribution in [1.82, 2.24) is 19.7 Å². The number of carbonyl (C=O) groups is 1. The molecule has 0 radical (unpaired) electrons. The van der Waals surface area contributed by atoms with Gasteiger partial charge in [0.15, 0.2) is 5.69 Å². The van der Waals surface area contributed by atoms with Gasteiger partial charge in [0.25, 0.3) is 5.91 Å². The number of aromatic nitrogens is 1. The fourth-order valence-electron chi connectivity index (χ4n) is 5.06. The minimum Gasteiger partial charge on any atom is -0.360 e. The number of carbonyl (C=O) groups excluding carboxylic acids is 1. The van der Waals surface area contributed by atoms with Crippen LogP contribution < -0.4 is 5.32 Å². The number of amides is 1. The number of nitrogens with zero attached hydrogens (tertiary/aromatic N) is 3. The summed E-state index contributed by atoms with van der Waals surface area (Å²) in [6.45, 7) is 4.28. The summed E-state index contributed by atoms with van der Waals surface area (Å²) in [6, 6.07) is 1.55. The van der Waals surface area contributed by atoms with Crippen molar-refractivity contribution in [2.24, 2.45) is 11.8 Å². The van der Waals surface area contributed by atoms with E-state index >= 15 is 0 Å². The van der Waals surface area contributed by atoms with E-state index in [9.17, 15) is 26.4 Å². The van der Waals surface area contributed by atoms with Crippen LogP contribution in [0, 0.1) is 11.8 Å². The van der Waals surface area contributed by atoms with Crippen molar-refractivity contribution in [3.05, 3.63) is 17.5 Å². The van der Waals surface area contributed by atoms with Gasteiger partial charge < -0.3 is 14.7 Å². The largest absolute Gasteiger partial charge is 0.389 e. The molecule has 1 N–H and O–H groups in total. The van der Waals surface area contributed by atoms with E-state index in [0.29, 0.717) is 57.9 Å². The monoisotopic (exact) mass is 520 g/mol. The first-order chi connectivity index (χ1) is 16.5. The van der Waals surface area contributed by atoms with Crippen LogP contribution in [0.2, 0.25) is 0 Å². The van der Waals surface area contributed by atoms with Crippen LogP contribution in [0.4, 0.5) is 13.2 Å². The van der Waals surface area contributed by atoms with Crippen LogP contribution in [-0.2, 0) is 10.0 Å². The zero-order chi connectivity index (χ0) is 25.2. The summed E-state index contributed by atoms with van der Waals surface area (Å²) in [5.74, 6) is 0.855. The lowest BCUT2D eigenvalue weighted by Gasteiger charge is -2.38. The molecule has 198 valence electrons. The molecule has 1 aromatic heterocycles. The highest BCUT2D eigenvalue weighted by atomic mass is 32.2. The first-order valence-electron chi connectivity index (χ1n) is 12.5. The quantitative estimate of drug-likeness (QED) is 0.537. The van der Waals surface area contributed by atoms with Crippen LogP contribution in [0.3, 0.4) is 0 Å². The van der Waals surface area contributed by atoms with E-state index in [1.807, 2.05) is 11.8 Å². The van der Waals surface area contributed by atoms with Crippen LogP contribution in [0.1, 0.15) is 74.0 Å². The fraction of sp³-hybridized carbons (Fsp3) is 0.826. The second kappa shape index (κ2) is 10.8. The Bertz CT molecular complexity index is 972. The van der Waals surface area contributed by atoms with Gasteiger partial charge in [-0.25, -0.2) is 12.7 Å². The lowest BCUT2D eigenvalue weighted by molar-refractivity contribution is -0.136. The molecule has 4 rings (SSSR count). The fourth-order valence-corrected chi connectivity index (χ4v) is 7.04. The predicted molar refractivity (Wildman–Crippen MR) is 123 cm³/mol. The Balaban J connectivity index is 1.20. The number of hydrogen-bond acceptors (Lipinski definition) is 6. The number of alkyl halides is 3. The Kier molecular flexibility index (Phi) is 8.12. The molecule has 0 aromatic carbocycles. The van der Waals surface area contributed by atoms with Gasteiger partial charge in [0, 0.05) is 37.5 Å². The predicted octanol–water partition coefficient (Wildman–Crippen LogP) is 3.38. The summed E-state index contributed by atoms with van der Waals surface area (Å²) in [6.07, 6.45) is -0.846. The Morgan fingerprint density at radius 1 is 1.17 bits per heavy atom. The minimum atomic E-state index is -4.13. The van der Waals surface area contributed by atoms with E-state index in [-0.39, 0.29) is 41.7 Å². The molecule has 2 saturated heterocycles. The molecule has 3 fully saturated rings. The van der Waals surface area contributed by atoms with Crippen molar-refractivity contribution in [1.29, 1.82) is 0 Å². The van der Waals surface area contributed by atoms with Gasteiger partial charge >= 0.3 is 6.18 Å². The van der Waals surface area contributed by atoms with Crippen LogP contribution >= 0.6 is 0 Å². The highest BCUT2D eigenvalue weighted by Gasteiger charge is 2.36. The van der Waals surface area contributed by atoms with Crippen molar-refractivity contribution in [2.45, 2.75) is 70.0 Å². The smallest absolute Gasteiger partial charge is 0.360 e. The Morgan fingerprint density at radius 3 is 2.51 bits per heavy atom. The van der Waals surface area contributed by atoms with Crippen LogP contribution in [0.15, 0.2) is 10.6 Å². The van der Waals surface area contributed by atoms with Crippen LogP contribution in [-0.4, -0.2) is 79.4 Å². The number of halogens is 3. The van der Waals surface area contributed by atoms with Gasteiger partial charge in [-0.1, -0.05) is 12.1 Å². The van der Waals surface area contributed by atoms with E-state index in [0.717, 1.165) is 18.6 Å². The SMILES string of the molecule is C[C@H]1CN(S(=O)(=O)CC2CCN(CCCC(F)(F)F)CC2)CC[C@H]1NC(=O)c1cc(C2CC2)on1. The molecule has 2 atom stereocenters. The van der Waals surface area contributed by atoms with Crippen LogP contribution in [0.5, 0.6) is 0 Å². The molecule has 35 heavy (non-hydrogen) atoms. The van der Waals surface area contributed by atoms with Crippen molar-refractivity contribution in [3.63, 3.8) is 0 Å². The molecule has 2 aliphatic heterocycles. The van der Waals surface area contributed by atoms with E-state index in [1.165, 1.54) is 4.31 Å². The molecular formula is C23H35F3N4O4S. The van der Waals surface area contributed by atoms with Gasteiger partial charge in [-0.2, -0.15) is 13.2 Å². The van der Waals surface area contributed by atoms with Crippen molar-refractivity contribution < 1.29 is 30.9 Å². The Morgan fingerprint density at radius 2 is 1.89 bits per heavy atom. The van der Waals surface area contributed by atoms with Crippen molar-refractivity contribution in [3.8, 4) is 0 Å². The molecule has 8 nitrogen and oxygen atoms in total. The van der Waals surface area contributed by atoms with Gasteiger partial charge in [0.05, 0.1) is 5.75 Å². The van der Waals surface area contributed by atoms with Crippen molar-refractivity contribution >= 4 is 15.9 Å². The van der Waals surface area contributed by atoms with Gasteiger partial charge in [-0.3, -0.25) is 4.79 Å². The average molecular weight is 521 g/mol. The first kappa shape index (κ1) is 26.4. The topological polar surface area (TPSA) is 95.8 Å². The molecule has 3 aliphatic rings. The van der Waals surface area contributed by atoms with Gasteiger partial charge in [0.1, 0.15) is 5.76 Å². The van der Waals surface area contributed by atoms with Gasteiger partial charge in [-0.05, 0) is 70.0 Å². The summed E-state index contributed by atoms with van der Waals surface area (Å²) in [5, 5.41) is 6.86. The second-order valence-electron chi connectivity index (χ2n) is 10.4. The molecule has 12 heteroatoms. The third kappa shape index (κ3) is 7.42. The molecular weight excluding hydrogens is 485 g/mol. The number of likely N-dealkylation sites (tertiary alicyclic amines) is 1. The highest BCUT2D eigenvalue weighted by Crippen LogP contribution is 2.40. The maximum absolute atomic E-state index is 13.1. The van der Waals surface area contributed by atoms with Gasteiger partial charge in [0.2, 0.25) is 10.0 Å². The van der Waals surface area contributed by atoms with Crippen LogP contribution in [0.25, 0.3) is 0 Å². The second-order valence-corrected chi connectivity index (χ2v) is 12.4. The third-order valence-corrected chi connectivity index (χ3v) is 9.42. The number of sulfonamides is 1. The zero-order valence-electron chi connectivity index (χ0n) is 20.1. The minimum absolute atomic E-state index is 0.0134. The summed E-state index contributed by atoms with van der Waals surface area (Å²) in [7, 11) is -3.45. The Hall–Kier alpha value is -1.66. The lowest BCUT2D eigenvalue weighted by atomic mass is 9.95. The van der Waals surface area contributed by atoms with E-state index in [2.05, 4.69) is 10.5 Å². The van der Waals surface area contributed by atoms with Gasteiger partial charge in [-0.15, -0.1) is 0 Å². The summed E-state index contributed by atoms with van der Waals surface area (Å²) >= 11 is 0. The third-order valence-electron chi connectivity index (χ3n) is 7.41. The maximum atomic E-state index is 13.1. The molecule has 3 heterocycles. The number of piperidine rings is 2. The van der Waals surface area contributed by atoms with E-state index in [1.54, 1.807) is 6.07 Å². The van der Waals surface area contributed by atoms with Crippen molar-refractivity contribution in [2.75, 3.05) is 38.5 Å². The number of hydrogen-bond donors (Lipinski definition) is 1.